The normalized spacial score (nSPS) is 47.8. The van der Waals surface area contributed by atoms with Crippen molar-refractivity contribution in [3.05, 3.63) is 0 Å². The first-order valence-electron chi connectivity index (χ1n) is 14.5. The molecule has 216 valence electrons. The number of nitrogens with zero attached hydrogens (tertiary/aromatic N) is 2. The topological polar surface area (TPSA) is 119 Å². The van der Waals surface area contributed by atoms with Crippen LogP contribution in [0.3, 0.4) is 0 Å². The van der Waals surface area contributed by atoms with Gasteiger partial charge in [0.1, 0.15) is 0 Å². The summed E-state index contributed by atoms with van der Waals surface area (Å²) in [5.74, 6) is 1.28. The summed E-state index contributed by atoms with van der Waals surface area (Å²) in [4.78, 5) is 0. The first-order valence-corrected chi connectivity index (χ1v) is 16.2. The first kappa shape index (κ1) is 32.4. The molecule has 15 atom stereocenters. The molecule has 3 heterocycles. The second kappa shape index (κ2) is 14.7. The molecular formula is C27H50N4O5P2+2. The van der Waals surface area contributed by atoms with Gasteiger partial charge in [0.05, 0.1) is 0 Å². The zero-order chi connectivity index (χ0) is 28.1. The number of hydrogen-bond acceptors (Lipinski definition) is 9. The Bertz CT molecular complexity index is 870. The van der Waals surface area contributed by atoms with Crippen LogP contribution in [0, 0.1) is 39.9 Å². The Labute approximate surface area is 232 Å². The fourth-order valence-corrected chi connectivity index (χ4v) is 7.59. The zero-order valence-electron chi connectivity index (χ0n) is 24.6. The van der Waals surface area contributed by atoms with Gasteiger partial charge < -0.3 is 0 Å². The number of ether oxygens (including phenoxy) is 5. The Hall–Kier alpha value is -0.140. The van der Waals surface area contributed by atoms with E-state index in [9.17, 15) is 0 Å². The van der Waals surface area contributed by atoms with Crippen LogP contribution >= 0.6 is 16.3 Å². The maximum atomic E-state index is 7.88. The molecule has 3 aliphatic rings. The molecule has 8 unspecified atom stereocenters. The van der Waals surface area contributed by atoms with Crippen molar-refractivity contribution < 1.29 is 23.7 Å². The van der Waals surface area contributed by atoms with Gasteiger partial charge in [-0.05, 0) is 0 Å². The van der Waals surface area contributed by atoms with Gasteiger partial charge in [0.15, 0.2) is 0 Å². The summed E-state index contributed by atoms with van der Waals surface area (Å²) in [5, 5.41) is 15.5. The second-order valence-corrected chi connectivity index (χ2v) is 12.5. The van der Waals surface area contributed by atoms with Gasteiger partial charge in [0, 0.05) is 0 Å². The number of rotatable bonds is 9. The van der Waals surface area contributed by atoms with E-state index in [1.165, 1.54) is 0 Å². The van der Waals surface area contributed by atoms with Crippen LogP contribution in [-0.2, 0) is 23.7 Å². The summed E-state index contributed by atoms with van der Waals surface area (Å²) in [5.41, 5.74) is 0. The minimum atomic E-state index is -0.604. The molecule has 3 saturated heterocycles. The molecule has 0 spiro atoms. The fourth-order valence-electron chi connectivity index (χ4n) is 6.61. The van der Waals surface area contributed by atoms with Crippen molar-refractivity contribution in [3.63, 3.8) is 0 Å². The predicted octanol–water partition coefficient (Wildman–Crippen LogP) is 7.93. The molecule has 0 bridgehead atoms. The Morgan fingerprint density at radius 1 is 0.579 bits per heavy atom. The van der Waals surface area contributed by atoms with Crippen LogP contribution in [0.1, 0.15) is 81.6 Å². The van der Waals surface area contributed by atoms with Gasteiger partial charge in [0.2, 0.25) is 0 Å². The molecule has 3 aliphatic heterocycles. The van der Waals surface area contributed by atoms with E-state index in [2.05, 4.69) is 64.9 Å². The van der Waals surface area contributed by atoms with Crippen molar-refractivity contribution in [1.29, 1.82) is 10.3 Å². The number of nitrogens with one attached hydrogen (secondary N) is 2. The fraction of sp³-hybridized carbons (Fsp3) is 1.00. The molecule has 0 aromatic carbocycles. The summed E-state index contributed by atoms with van der Waals surface area (Å²) in [6, 6.07) is -0.473. The van der Waals surface area contributed by atoms with Gasteiger partial charge in [-0.25, -0.2) is 0 Å². The van der Waals surface area contributed by atoms with E-state index in [0.29, 0.717) is 11.8 Å². The minimum absolute atomic E-state index is 0.0202. The van der Waals surface area contributed by atoms with Crippen LogP contribution in [0.15, 0.2) is 9.49 Å². The Morgan fingerprint density at radius 3 is 1.61 bits per heavy atom. The monoisotopic (exact) mass is 572 g/mol. The van der Waals surface area contributed by atoms with Crippen molar-refractivity contribution >= 4 is 16.3 Å². The van der Waals surface area contributed by atoms with Gasteiger partial charge in [-0.2, -0.15) is 0 Å². The second-order valence-electron chi connectivity index (χ2n) is 11.6. The van der Waals surface area contributed by atoms with E-state index in [1.807, 2.05) is 6.92 Å². The predicted molar refractivity (Wildman–Crippen MR) is 150 cm³/mol. The third-order valence-corrected chi connectivity index (χ3v) is 10.2. The molecule has 38 heavy (non-hydrogen) atoms. The van der Waals surface area contributed by atoms with Crippen molar-refractivity contribution in [2.24, 2.45) is 39.1 Å². The average Bonchev–Trinajstić information content (AvgIpc) is 2.91. The molecule has 0 aromatic rings. The molecular weight excluding hydrogens is 522 g/mol. The van der Waals surface area contributed by atoms with Crippen LogP contribution in [0.5, 0.6) is 0 Å². The molecule has 0 saturated carbocycles. The summed E-state index contributed by atoms with van der Waals surface area (Å²) < 4.78 is 42.0. The molecule has 0 aliphatic carbocycles. The molecule has 11 heteroatoms. The van der Waals surface area contributed by atoms with E-state index in [0.717, 1.165) is 19.3 Å². The average molecular weight is 573 g/mol. The molecule has 0 radical (unpaired) electrons. The van der Waals surface area contributed by atoms with Gasteiger partial charge in [-0.1, -0.05) is 0 Å². The van der Waals surface area contributed by atoms with Crippen molar-refractivity contribution in [3.8, 4) is 0 Å². The van der Waals surface area contributed by atoms with Crippen LogP contribution in [-0.4, -0.2) is 61.3 Å². The van der Waals surface area contributed by atoms with Crippen LogP contribution in [0.25, 0.3) is 0 Å². The van der Waals surface area contributed by atoms with Gasteiger partial charge >= 0.3 is 232 Å². The molecule has 0 amide bonds. The number of hydrogen-bond donors (Lipinski definition) is 2. The molecule has 2 N–H and O–H groups in total. The standard InChI is InChI=1S/C27H50N4O5P2/c1-10-19-14(5)13(4)15(6)26(33-19)35-25-17(8)23(31-38-29)27(34-21(25)12-3)36-24-16(7)22(30-37-28)18(9)32-20(24)11-2/h13-29H,10-12H2,1-9H3/q+2/t13-,14+,15?,16+,17?,18-,19?,20?,21?,22?,23?,24+,25-,26?,27+/m0/s1. The molecule has 3 rings (SSSR count). The van der Waals surface area contributed by atoms with Crippen molar-refractivity contribution in [2.45, 2.75) is 143 Å². The van der Waals surface area contributed by atoms with Crippen molar-refractivity contribution in [2.75, 3.05) is 0 Å². The van der Waals surface area contributed by atoms with Crippen LogP contribution in [0.2, 0.25) is 0 Å². The summed E-state index contributed by atoms with van der Waals surface area (Å²) in [6.07, 6.45) is 1.01. The van der Waals surface area contributed by atoms with E-state index in [-0.39, 0.29) is 89.1 Å². The summed E-state index contributed by atoms with van der Waals surface area (Å²) in [7, 11) is 0.445. The van der Waals surface area contributed by atoms with Crippen LogP contribution in [0.4, 0.5) is 0 Å². The summed E-state index contributed by atoms with van der Waals surface area (Å²) in [6.45, 7) is 19.5. The molecule has 9 nitrogen and oxygen atoms in total. The quantitative estimate of drug-likeness (QED) is 0.272. The first-order chi connectivity index (χ1) is 18.1. The van der Waals surface area contributed by atoms with E-state index < -0.39 is 6.29 Å². The third-order valence-electron chi connectivity index (χ3n) is 9.46. The SMILES string of the molecule is CCC1O[C@H](O[C@H]2C(CC)O[C@@H](C)C(N=[P+]=N)[C@H]2C)C(N=[P+]=N)C(C)[C@@H]1OC1OC(CC)[C@H](C)[C@H](C)C1C. The molecule has 0 aromatic heterocycles. The Kier molecular flexibility index (Phi) is 12.5. The van der Waals surface area contributed by atoms with Gasteiger partial charge in [0.25, 0.3) is 0 Å². The Morgan fingerprint density at radius 2 is 1.05 bits per heavy atom. The van der Waals surface area contributed by atoms with Gasteiger partial charge in [-0.15, -0.1) is 0 Å². The Balaban J connectivity index is 1.84. The zero-order valence-corrected chi connectivity index (χ0v) is 26.4. The van der Waals surface area contributed by atoms with Crippen LogP contribution < -0.4 is 0 Å². The van der Waals surface area contributed by atoms with E-state index in [4.69, 9.17) is 34.0 Å². The maximum absolute atomic E-state index is 7.88. The summed E-state index contributed by atoms with van der Waals surface area (Å²) >= 11 is 0. The van der Waals surface area contributed by atoms with Gasteiger partial charge in [-0.3, -0.25) is 0 Å². The van der Waals surface area contributed by atoms with E-state index >= 15 is 0 Å². The van der Waals surface area contributed by atoms with Crippen molar-refractivity contribution in [1.82, 2.24) is 0 Å². The third kappa shape index (κ3) is 6.83. The van der Waals surface area contributed by atoms with E-state index in [1.54, 1.807) is 0 Å². The molecule has 3 fully saturated rings.